The summed E-state index contributed by atoms with van der Waals surface area (Å²) < 4.78 is 52.5. The van der Waals surface area contributed by atoms with Crippen LogP contribution in [0.25, 0.3) is 16.6 Å². The van der Waals surface area contributed by atoms with Crippen LogP contribution in [0.15, 0.2) is 88.1 Å². The predicted octanol–water partition coefficient (Wildman–Crippen LogP) is 6.83. The maximum absolute atomic E-state index is 13.9. The second-order valence-corrected chi connectivity index (χ2v) is 9.41. The van der Waals surface area contributed by atoms with Crippen LogP contribution in [0.3, 0.4) is 0 Å². The number of methoxy groups -OCH3 is 1. The molecule has 0 saturated carbocycles. The molecule has 1 unspecified atom stereocenters. The molecule has 1 aromatic carbocycles. The number of esters is 1. The van der Waals surface area contributed by atoms with E-state index in [2.05, 4.69) is 0 Å². The van der Waals surface area contributed by atoms with Crippen molar-refractivity contribution < 1.29 is 31.9 Å². The second kappa shape index (κ2) is 10.4. The number of Topliss-reactive ketones (excluding diaryl/α,β-unsaturated/α-hetero) is 1. The number of halogens is 3. The van der Waals surface area contributed by atoms with Crippen LogP contribution in [0.5, 0.6) is 0 Å². The minimum absolute atomic E-state index is 0.00795. The lowest BCUT2D eigenvalue weighted by Gasteiger charge is -2.18. The standard InChI is InChI=1S/C30H24F3NO5/c1-38-29(37)23-8-3-2-7-22(23)18-5-4-6-19(10-9-18)27(35)24-11-12-26-25(30(31,32)33)15-21(16-34(26)28(24)36)20-13-14-39-17-20/h2-3,6-8,11-18H,4-5,9-10H2,1H3. The van der Waals surface area contributed by atoms with Crippen molar-refractivity contribution >= 4 is 17.3 Å². The molecular weight excluding hydrogens is 511 g/mol. The third kappa shape index (κ3) is 5.04. The van der Waals surface area contributed by atoms with Crippen LogP contribution in [0.2, 0.25) is 0 Å². The molecule has 0 spiro atoms. The molecule has 5 rings (SSSR count). The van der Waals surface area contributed by atoms with Crippen LogP contribution < -0.4 is 5.56 Å². The monoisotopic (exact) mass is 535 g/mol. The highest BCUT2D eigenvalue weighted by Gasteiger charge is 2.34. The van der Waals surface area contributed by atoms with Gasteiger partial charge in [-0.15, -0.1) is 0 Å². The second-order valence-electron chi connectivity index (χ2n) is 9.41. The first kappa shape index (κ1) is 26.2. The van der Waals surface area contributed by atoms with Crippen molar-refractivity contribution in [1.29, 1.82) is 0 Å². The van der Waals surface area contributed by atoms with E-state index in [-0.39, 0.29) is 22.6 Å². The van der Waals surface area contributed by atoms with E-state index in [0.29, 0.717) is 42.4 Å². The summed E-state index contributed by atoms with van der Waals surface area (Å²) in [5.41, 5.74) is -0.122. The summed E-state index contributed by atoms with van der Waals surface area (Å²) in [4.78, 5) is 39.1. The first-order valence-corrected chi connectivity index (χ1v) is 12.4. The van der Waals surface area contributed by atoms with Gasteiger partial charge in [-0.05, 0) is 73.1 Å². The average molecular weight is 536 g/mol. The van der Waals surface area contributed by atoms with Crippen molar-refractivity contribution in [2.75, 3.05) is 7.11 Å². The van der Waals surface area contributed by atoms with Crippen LogP contribution in [-0.4, -0.2) is 23.3 Å². The summed E-state index contributed by atoms with van der Waals surface area (Å²) in [5.74, 6) is -0.957. The number of allylic oxidation sites excluding steroid dienone is 2. The van der Waals surface area contributed by atoms with E-state index in [1.807, 2.05) is 12.1 Å². The summed E-state index contributed by atoms with van der Waals surface area (Å²) in [6.07, 6.45) is 3.09. The molecule has 0 bridgehead atoms. The van der Waals surface area contributed by atoms with Crippen LogP contribution in [-0.2, 0) is 10.9 Å². The number of nitrogens with zero attached hydrogens (tertiary/aromatic N) is 1. The highest BCUT2D eigenvalue weighted by molar-refractivity contribution is 6.08. The number of benzene rings is 1. The molecule has 1 aliphatic rings. The molecule has 6 nitrogen and oxygen atoms in total. The Morgan fingerprint density at radius 3 is 2.54 bits per heavy atom. The van der Waals surface area contributed by atoms with E-state index in [1.165, 1.54) is 38.0 Å². The molecule has 0 fully saturated rings. The number of fused-ring (bicyclic) bond motifs is 1. The van der Waals surface area contributed by atoms with Crippen molar-refractivity contribution in [3.8, 4) is 11.1 Å². The maximum atomic E-state index is 13.9. The number of hydrogen-bond acceptors (Lipinski definition) is 5. The van der Waals surface area contributed by atoms with Gasteiger partial charge in [0.2, 0.25) is 0 Å². The Bertz CT molecular complexity index is 1650. The van der Waals surface area contributed by atoms with E-state index < -0.39 is 29.1 Å². The summed E-state index contributed by atoms with van der Waals surface area (Å²) in [6, 6.07) is 12.0. The minimum atomic E-state index is -4.72. The molecule has 0 radical (unpaired) electrons. The van der Waals surface area contributed by atoms with Crippen molar-refractivity contribution in [2.45, 2.75) is 37.8 Å². The fourth-order valence-corrected chi connectivity index (χ4v) is 5.17. The van der Waals surface area contributed by atoms with Gasteiger partial charge in [-0.25, -0.2) is 4.79 Å². The van der Waals surface area contributed by atoms with Crippen LogP contribution in [0.1, 0.15) is 63.4 Å². The molecule has 39 heavy (non-hydrogen) atoms. The number of ketones is 1. The van der Waals surface area contributed by atoms with Gasteiger partial charge in [0.05, 0.1) is 41.8 Å². The summed E-state index contributed by atoms with van der Waals surface area (Å²) in [7, 11) is 1.32. The fourth-order valence-electron chi connectivity index (χ4n) is 5.17. The Kier molecular flexibility index (Phi) is 6.99. The van der Waals surface area contributed by atoms with Crippen LogP contribution in [0.4, 0.5) is 13.2 Å². The van der Waals surface area contributed by atoms with Gasteiger partial charge in [-0.1, -0.05) is 24.3 Å². The molecule has 0 saturated heterocycles. The van der Waals surface area contributed by atoms with Crippen molar-refractivity contribution in [3.05, 3.63) is 112 Å². The van der Waals surface area contributed by atoms with Gasteiger partial charge in [0.25, 0.3) is 5.56 Å². The molecule has 0 aliphatic heterocycles. The molecule has 3 aromatic heterocycles. The van der Waals surface area contributed by atoms with Gasteiger partial charge in [-0.2, -0.15) is 13.2 Å². The lowest BCUT2D eigenvalue weighted by atomic mass is 9.87. The molecule has 0 N–H and O–H groups in total. The van der Waals surface area contributed by atoms with E-state index in [9.17, 15) is 27.6 Å². The number of ether oxygens (including phenoxy) is 1. The third-order valence-corrected chi connectivity index (χ3v) is 7.13. The molecule has 1 atom stereocenters. The van der Waals surface area contributed by atoms with E-state index >= 15 is 0 Å². The van der Waals surface area contributed by atoms with Crippen molar-refractivity contribution in [1.82, 2.24) is 4.40 Å². The summed E-state index contributed by atoms with van der Waals surface area (Å²) in [6.45, 7) is 0. The Morgan fingerprint density at radius 2 is 1.82 bits per heavy atom. The Labute approximate surface area is 221 Å². The van der Waals surface area contributed by atoms with Crippen LogP contribution >= 0.6 is 0 Å². The number of furan rings is 1. The fraction of sp³-hybridized carbons (Fsp3) is 0.233. The minimum Gasteiger partial charge on any atom is -0.472 e. The Hall–Kier alpha value is -4.40. The maximum Gasteiger partial charge on any atom is 0.418 e. The smallest absolute Gasteiger partial charge is 0.418 e. The van der Waals surface area contributed by atoms with Crippen molar-refractivity contribution in [3.63, 3.8) is 0 Å². The van der Waals surface area contributed by atoms with E-state index in [4.69, 9.17) is 9.15 Å². The van der Waals surface area contributed by atoms with Gasteiger partial charge in [-0.3, -0.25) is 14.0 Å². The number of rotatable bonds is 5. The molecule has 3 heterocycles. The van der Waals surface area contributed by atoms with Gasteiger partial charge in [0.15, 0.2) is 5.78 Å². The molecule has 4 aromatic rings. The SMILES string of the molecule is COC(=O)c1ccccc1C1CCC=C(C(=O)c2ccc3c(C(F)(F)F)cc(-c4ccoc4)cn3c2=O)CC1. The highest BCUT2D eigenvalue weighted by atomic mass is 19.4. The largest absolute Gasteiger partial charge is 0.472 e. The lowest BCUT2D eigenvalue weighted by Crippen LogP contribution is -2.24. The Balaban J connectivity index is 1.48. The van der Waals surface area contributed by atoms with Gasteiger partial charge in [0, 0.05) is 17.3 Å². The van der Waals surface area contributed by atoms with Gasteiger partial charge in [0.1, 0.15) is 0 Å². The third-order valence-electron chi connectivity index (χ3n) is 7.13. The molecule has 1 aliphatic carbocycles. The predicted molar refractivity (Wildman–Crippen MR) is 138 cm³/mol. The van der Waals surface area contributed by atoms with Crippen LogP contribution in [0, 0.1) is 0 Å². The highest BCUT2D eigenvalue weighted by Crippen LogP contribution is 2.36. The quantitative estimate of drug-likeness (QED) is 0.207. The summed E-state index contributed by atoms with van der Waals surface area (Å²) in [5, 5.41) is 0. The normalized spacial score (nSPS) is 16.0. The number of carbonyl (C=O) groups is 2. The van der Waals surface area contributed by atoms with Crippen molar-refractivity contribution in [2.24, 2.45) is 0 Å². The molecule has 9 heteroatoms. The first-order valence-electron chi connectivity index (χ1n) is 12.4. The lowest BCUT2D eigenvalue weighted by molar-refractivity contribution is -0.136. The molecule has 0 amide bonds. The number of hydrogen-bond donors (Lipinski definition) is 0. The van der Waals surface area contributed by atoms with Gasteiger partial charge < -0.3 is 9.15 Å². The Morgan fingerprint density at radius 1 is 1.03 bits per heavy atom. The zero-order valence-electron chi connectivity index (χ0n) is 21.0. The summed E-state index contributed by atoms with van der Waals surface area (Å²) >= 11 is 0. The van der Waals surface area contributed by atoms with Gasteiger partial charge >= 0.3 is 12.1 Å². The number of carbonyl (C=O) groups excluding carboxylic acids is 2. The molecular formula is C30H24F3NO5. The zero-order valence-corrected chi connectivity index (χ0v) is 21.0. The molecule has 200 valence electrons. The topological polar surface area (TPSA) is 78.0 Å². The zero-order chi connectivity index (χ0) is 27.7. The number of pyridine rings is 2. The first-order chi connectivity index (χ1) is 18.7. The number of alkyl halides is 3. The number of aromatic nitrogens is 1. The van der Waals surface area contributed by atoms with E-state index in [0.717, 1.165) is 22.1 Å². The van der Waals surface area contributed by atoms with E-state index in [1.54, 1.807) is 18.2 Å². The average Bonchev–Trinajstić information content (AvgIpc) is 3.36.